The Morgan fingerprint density at radius 2 is 2.18 bits per heavy atom. The van der Waals surface area contributed by atoms with E-state index in [0.29, 0.717) is 12.0 Å². The number of rotatable bonds is 3. The summed E-state index contributed by atoms with van der Waals surface area (Å²) in [5.41, 5.74) is 1.14. The average Bonchev–Trinajstić information content (AvgIpc) is 2.64. The highest BCUT2D eigenvalue weighted by atomic mass is 16.5. The Hall–Kier alpha value is -1.09. The molecule has 1 aromatic heterocycles. The zero-order chi connectivity index (χ0) is 12.1. The number of hydrogen-bond acceptors (Lipinski definition) is 3. The molecule has 0 aliphatic heterocycles. The molecule has 17 heavy (non-hydrogen) atoms. The summed E-state index contributed by atoms with van der Waals surface area (Å²) in [6, 6.07) is 4.57. The van der Waals surface area contributed by atoms with Crippen molar-refractivity contribution in [3.05, 3.63) is 24.0 Å². The van der Waals surface area contributed by atoms with Crippen LogP contribution in [-0.2, 0) is 0 Å². The van der Waals surface area contributed by atoms with Crippen LogP contribution in [0.25, 0.3) is 0 Å². The molecule has 2 atom stereocenters. The lowest BCUT2D eigenvalue weighted by Crippen LogP contribution is -2.26. The zero-order valence-corrected chi connectivity index (χ0v) is 10.8. The fourth-order valence-electron chi connectivity index (χ4n) is 2.75. The van der Waals surface area contributed by atoms with Crippen molar-refractivity contribution in [1.29, 1.82) is 0 Å². The fraction of sp³-hybridized carbons (Fsp3) is 0.643. The summed E-state index contributed by atoms with van der Waals surface area (Å²) in [5.74, 6) is 1.47. The van der Waals surface area contributed by atoms with Crippen molar-refractivity contribution >= 4 is 0 Å². The maximum Gasteiger partial charge on any atom is 0.140 e. The number of pyridine rings is 1. The van der Waals surface area contributed by atoms with E-state index < -0.39 is 0 Å². The van der Waals surface area contributed by atoms with Crippen molar-refractivity contribution in [1.82, 2.24) is 10.3 Å². The molecule has 0 aromatic carbocycles. The second-order valence-electron chi connectivity index (χ2n) is 4.79. The molecule has 1 fully saturated rings. The van der Waals surface area contributed by atoms with Crippen LogP contribution in [0.3, 0.4) is 0 Å². The predicted molar refractivity (Wildman–Crippen MR) is 69.5 cm³/mol. The molecule has 1 saturated carbocycles. The Kier molecular flexibility index (Phi) is 4.37. The molecule has 0 spiro atoms. The molecule has 3 heteroatoms. The van der Waals surface area contributed by atoms with Crippen LogP contribution in [0.15, 0.2) is 18.3 Å². The maximum atomic E-state index is 5.43. The molecule has 2 rings (SSSR count). The first-order chi connectivity index (χ1) is 8.35. The third kappa shape index (κ3) is 2.97. The fourth-order valence-corrected chi connectivity index (χ4v) is 2.75. The van der Waals surface area contributed by atoms with E-state index in [4.69, 9.17) is 4.74 Å². The standard InChI is InChI=1S/C14H22N2O/c1-15-12-7-4-3-6-11(10-12)14-13(17-2)8-5-9-16-14/h5,8-9,11-12,15H,3-4,6-7,10H2,1-2H3. The van der Waals surface area contributed by atoms with Crippen LogP contribution in [-0.4, -0.2) is 25.2 Å². The highest BCUT2D eigenvalue weighted by Gasteiger charge is 2.23. The van der Waals surface area contributed by atoms with Crippen LogP contribution < -0.4 is 10.1 Å². The first-order valence-electron chi connectivity index (χ1n) is 6.51. The van der Waals surface area contributed by atoms with Gasteiger partial charge in [-0.3, -0.25) is 4.98 Å². The minimum Gasteiger partial charge on any atom is -0.495 e. The summed E-state index contributed by atoms with van der Waals surface area (Å²) in [5, 5.41) is 3.41. The normalized spacial score (nSPS) is 25.3. The number of nitrogens with one attached hydrogen (secondary N) is 1. The minimum absolute atomic E-state index is 0.533. The Labute approximate surface area is 104 Å². The van der Waals surface area contributed by atoms with E-state index in [1.165, 1.54) is 32.1 Å². The molecule has 1 N–H and O–H groups in total. The zero-order valence-electron chi connectivity index (χ0n) is 10.8. The topological polar surface area (TPSA) is 34.2 Å². The molecular formula is C14H22N2O. The second kappa shape index (κ2) is 6.01. The van der Waals surface area contributed by atoms with Gasteiger partial charge in [0.05, 0.1) is 12.8 Å². The van der Waals surface area contributed by atoms with Gasteiger partial charge in [-0.25, -0.2) is 0 Å². The lowest BCUT2D eigenvalue weighted by Gasteiger charge is -2.20. The molecular weight excluding hydrogens is 212 g/mol. The van der Waals surface area contributed by atoms with Crippen LogP contribution in [0.5, 0.6) is 5.75 Å². The van der Waals surface area contributed by atoms with E-state index in [0.717, 1.165) is 11.4 Å². The molecule has 1 aliphatic carbocycles. The van der Waals surface area contributed by atoms with Gasteiger partial charge < -0.3 is 10.1 Å². The lowest BCUT2D eigenvalue weighted by atomic mass is 9.93. The molecule has 2 unspecified atom stereocenters. The summed E-state index contributed by atoms with van der Waals surface area (Å²) in [6.45, 7) is 0. The predicted octanol–water partition coefficient (Wildman–Crippen LogP) is 2.73. The first-order valence-corrected chi connectivity index (χ1v) is 6.51. The third-order valence-electron chi connectivity index (χ3n) is 3.74. The van der Waals surface area contributed by atoms with Gasteiger partial charge in [0.15, 0.2) is 0 Å². The second-order valence-corrected chi connectivity index (χ2v) is 4.79. The molecule has 0 saturated heterocycles. The van der Waals surface area contributed by atoms with Crippen LogP contribution in [0, 0.1) is 0 Å². The minimum atomic E-state index is 0.533. The lowest BCUT2D eigenvalue weighted by molar-refractivity contribution is 0.392. The van der Waals surface area contributed by atoms with E-state index in [1.807, 2.05) is 18.3 Å². The van der Waals surface area contributed by atoms with Gasteiger partial charge in [0, 0.05) is 18.2 Å². The van der Waals surface area contributed by atoms with E-state index in [2.05, 4.69) is 17.3 Å². The molecule has 0 radical (unpaired) electrons. The molecule has 94 valence electrons. The van der Waals surface area contributed by atoms with Gasteiger partial charge >= 0.3 is 0 Å². The molecule has 1 aromatic rings. The first kappa shape index (κ1) is 12.4. The van der Waals surface area contributed by atoms with E-state index in [9.17, 15) is 0 Å². The summed E-state index contributed by atoms with van der Waals surface area (Å²) in [4.78, 5) is 4.53. The van der Waals surface area contributed by atoms with Gasteiger partial charge in [0.1, 0.15) is 5.75 Å². The number of hydrogen-bond donors (Lipinski definition) is 1. The Balaban J connectivity index is 2.18. The molecule has 1 heterocycles. The van der Waals surface area contributed by atoms with Crippen molar-refractivity contribution in [3.63, 3.8) is 0 Å². The number of ether oxygens (including phenoxy) is 1. The largest absolute Gasteiger partial charge is 0.495 e. The van der Waals surface area contributed by atoms with Gasteiger partial charge in [-0.05, 0) is 38.4 Å². The number of aromatic nitrogens is 1. The van der Waals surface area contributed by atoms with Gasteiger partial charge in [-0.15, -0.1) is 0 Å². The van der Waals surface area contributed by atoms with Gasteiger partial charge in [0.25, 0.3) is 0 Å². The summed E-state index contributed by atoms with van der Waals surface area (Å²) >= 11 is 0. The molecule has 1 aliphatic rings. The van der Waals surface area contributed by atoms with Gasteiger partial charge in [-0.2, -0.15) is 0 Å². The van der Waals surface area contributed by atoms with Crippen molar-refractivity contribution in [2.45, 2.75) is 44.1 Å². The molecule has 0 bridgehead atoms. The van der Waals surface area contributed by atoms with Gasteiger partial charge in [0.2, 0.25) is 0 Å². The van der Waals surface area contributed by atoms with Crippen molar-refractivity contribution in [2.24, 2.45) is 0 Å². The third-order valence-corrected chi connectivity index (χ3v) is 3.74. The Morgan fingerprint density at radius 3 is 2.94 bits per heavy atom. The average molecular weight is 234 g/mol. The van der Waals surface area contributed by atoms with E-state index >= 15 is 0 Å². The van der Waals surface area contributed by atoms with Gasteiger partial charge in [-0.1, -0.05) is 12.8 Å². The summed E-state index contributed by atoms with van der Waals surface area (Å²) in [7, 11) is 3.79. The summed E-state index contributed by atoms with van der Waals surface area (Å²) in [6.07, 6.45) is 8.16. The highest BCUT2D eigenvalue weighted by molar-refractivity contribution is 5.30. The van der Waals surface area contributed by atoms with E-state index in [-0.39, 0.29) is 0 Å². The maximum absolute atomic E-state index is 5.43. The molecule has 3 nitrogen and oxygen atoms in total. The van der Waals surface area contributed by atoms with Crippen LogP contribution in [0.1, 0.15) is 43.7 Å². The monoisotopic (exact) mass is 234 g/mol. The number of methoxy groups -OCH3 is 1. The number of nitrogens with zero attached hydrogens (tertiary/aromatic N) is 1. The van der Waals surface area contributed by atoms with E-state index in [1.54, 1.807) is 7.11 Å². The van der Waals surface area contributed by atoms with Crippen molar-refractivity contribution < 1.29 is 4.74 Å². The quantitative estimate of drug-likeness (QED) is 0.817. The van der Waals surface area contributed by atoms with Crippen LogP contribution >= 0.6 is 0 Å². The van der Waals surface area contributed by atoms with Crippen molar-refractivity contribution in [3.8, 4) is 5.75 Å². The Bertz CT molecular complexity index is 354. The SMILES string of the molecule is CNC1CCCCC(c2ncccc2OC)C1. The van der Waals surface area contributed by atoms with Crippen molar-refractivity contribution in [2.75, 3.05) is 14.2 Å². The molecule has 0 amide bonds. The Morgan fingerprint density at radius 1 is 1.35 bits per heavy atom. The van der Waals surface area contributed by atoms with Crippen LogP contribution in [0.4, 0.5) is 0 Å². The smallest absolute Gasteiger partial charge is 0.140 e. The summed E-state index contributed by atoms with van der Waals surface area (Å²) < 4.78 is 5.43. The highest BCUT2D eigenvalue weighted by Crippen LogP contribution is 2.34. The van der Waals surface area contributed by atoms with Crippen LogP contribution in [0.2, 0.25) is 0 Å².